The van der Waals surface area contributed by atoms with Crippen LogP contribution in [0.3, 0.4) is 0 Å². The average molecular weight is 307 g/mol. The lowest BCUT2D eigenvalue weighted by atomic mass is 10.1. The molecule has 1 aromatic carbocycles. The first-order chi connectivity index (χ1) is 10.7. The molecule has 0 heterocycles. The van der Waals surface area contributed by atoms with E-state index in [1.807, 2.05) is 0 Å². The first-order valence-electron chi connectivity index (χ1n) is 8.00. The number of ether oxygens (including phenoxy) is 1. The molecular formula is C17H29N3O2. The Morgan fingerprint density at radius 3 is 2.32 bits per heavy atom. The van der Waals surface area contributed by atoms with Gasteiger partial charge in [0, 0.05) is 33.4 Å². The number of hydrogen-bond donors (Lipinski definition) is 2. The van der Waals surface area contributed by atoms with Gasteiger partial charge in [-0.05, 0) is 30.6 Å². The zero-order valence-electron chi connectivity index (χ0n) is 14.0. The van der Waals surface area contributed by atoms with Crippen LogP contribution < -0.4 is 10.6 Å². The minimum absolute atomic E-state index is 0.136. The summed E-state index contributed by atoms with van der Waals surface area (Å²) in [7, 11) is 1.66. The van der Waals surface area contributed by atoms with Gasteiger partial charge in [-0.2, -0.15) is 0 Å². The SMILES string of the molecule is CCN(CC)Cc1ccc(CNC(=O)NCCCOC)cc1. The number of hydrogen-bond acceptors (Lipinski definition) is 3. The van der Waals surface area contributed by atoms with Gasteiger partial charge in [0.05, 0.1) is 0 Å². The molecule has 1 rings (SSSR count). The monoisotopic (exact) mass is 307 g/mol. The molecule has 0 radical (unpaired) electrons. The smallest absolute Gasteiger partial charge is 0.315 e. The molecule has 0 aromatic heterocycles. The van der Waals surface area contributed by atoms with Gasteiger partial charge >= 0.3 is 6.03 Å². The maximum Gasteiger partial charge on any atom is 0.315 e. The Labute approximate surface area is 134 Å². The van der Waals surface area contributed by atoms with E-state index in [4.69, 9.17) is 4.74 Å². The van der Waals surface area contributed by atoms with Crippen molar-refractivity contribution in [3.63, 3.8) is 0 Å². The van der Waals surface area contributed by atoms with Gasteiger partial charge in [-0.25, -0.2) is 4.79 Å². The topological polar surface area (TPSA) is 53.6 Å². The largest absolute Gasteiger partial charge is 0.385 e. The Hall–Kier alpha value is -1.59. The summed E-state index contributed by atoms with van der Waals surface area (Å²) in [6.45, 7) is 9.27. The third kappa shape index (κ3) is 7.43. The molecule has 5 nitrogen and oxygen atoms in total. The van der Waals surface area contributed by atoms with Crippen molar-refractivity contribution in [1.29, 1.82) is 0 Å². The summed E-state index contributed by atoms with van der Waals surface area (Å²) in [5.41, 5.74) is 2.41. The van der Waals surface area contributed by atoms with Crippen LogP contribution in [0.4, 0.5) is 4.79 Å². The van der Waals surface area contributed by atoms with E-state index in [-0.39, 0.29) is 6.03 Å². The summed E-state index contributed by atoms with van der Waals surface area (Å²) in [6, 6.07) is 8.27. The van der Waals surface area contributed by atoms with Crippen molar-refractivity contribution in [1.82, 2.24) is 15.5 Å². The summed E-state index contributed by atoms with van der Waals surface area (Å²) in [5, 5.41) is 5.66. The van der Waals surface area contributed by atoms with Crippen LogP contribution in [0.15, 0.2) is 24.3 Å². The van der Waals surface area contributed by atoms with Crippen LogP contribution in [0.5, 0.6) is 0 Å². The number of benzene rings is 1. The Morgan fingerprint density at radius 2 is 1.73 bits per heavy atom. The quantitative estimate of drug-likeness (QED) is 0.653. The number of carbonyl (C=O) groups is 1. The van der Waals surface area contributed by atoms with E-state index in [1.54, 1.807) is 7.11 Å². The summed E-state index contributed by atoms with van der Waals surface area (Å²) in [6.07, 6.45) is 0.823. The van der Waals surface area contributed by atoms with Crippen molar-refractivity contribution in [3.05, 3.63) is 35.4 Å². The van der Waals surface area contributed by atoms with Crippen LogP contribution in [0.25, 0.3) is 0 Å². The van der Waals surface area contributed by atoms with E-state index in [2.05, 4.69) is 53.6 Å². The first-order valence-corrected chi connectivity index (χ1v) is 8.00. The Morgan fingerprint density at radius 1 is 1.09 bits per heavy atom. The molecule has 5 heteroatoms. The molecule has 0 aliphatic carbocycles. The van der Waals surface area contributed by atoms with Crippen molar-refractivity contribution >= 4 is 6.03 Å². The van der Waals surface area contributed by atoms with E-state index in [9.17, 15) is 4.79 Å². The van der Waals surface area contributed by atoms with E-state index in [0.717, 1.165) is 31.6 Å². The van der Waals surface area contributed by atoms with Gasteiger partial charge in [-0.15, -0.1) is 0 Å². The second-order valence-electron chi connectivity index (χ2n) is 5.23. The average Bonchev–Trinajstić information content (AvgIpc) is 2.55. The summed E-state index contributed by atoms with van der Waals surface area (Å²) >= 11 is 0. The van der Waals surface area contributed by atoms with Crippen LogP contribution in [0.1, 0.15) is 31.4 Å². The zero-order valence-corrected chi connectivity index (χ0v) is 14.0. The Balaban J connectivity index is 2.30. The standard InChI is InChI=1S/C17H29N3O2/c1-4-20(5-2)14-16-9-7-15(8-10-16)13-19-17(21)18-11-6-12-22-3/h7-10H,4-6,11-14H2,1-3H3,(H2,18,19,21). The lowest BCUT2D eigenvalue weighted by molar-refractivity contribution is 0.193. The number of methoxy groups -OCH3 is 1. The van der Waals surface area contributed by atoms with Crippen molar-refractivity contribution in [2.24, 2.45) is 0 Å². The van der Waals surface area contributed by atoms with Crippen LogP contribution >= 0.6 is 0 Å². The van der Waals surface area contributed by atoms with Crippen molar-refractivity contribution < 1.29 is 9.53 Å². The number of nitrogens with one attached hydrogen (secondary N) is 2. The molecule has 0 saturated carbocycles. The highest BCUT2D eigenvalue weighted by molar-refractivity contribution is 5.73. The molecule has 2 N–H and O–H groups in total. The highest BCUT2D eigenvalue weighted by atomic mass is 16.5. The molecule has 2 amide bonds. The highest BCUT2D eigenvalue weighted by Crippen LogP contribution is 2.07. The molecule has 0 bridgehead atoms. The molecule has 124 valence electrons. The molecule has 0 atom stereocenters. The second kappa shape index (κ2) is 11.0. The molecule has 0 unspecified atom stereocenters. The van der Waals surface area contributed by atoms with E-state index in [0.29, 0.717) is 19.7 Å². The zero-order chi connectivity index (χ0) is 16.2. The van der Waals surface area contributed by atoms with Crippen molar-refractivity contribution in [3.8, 4) is 0 Å². The van der Waals surface area contributed by atoms with E-state index >= 15 is 0 Å². The lowest BCUT2D eigenvalue weighted by Gasteiger charge is -2.18. The predicted molar refractivity (Wildman–Crippen MR) is 89.8 cm³/mol. The predicted octanol–water partition coefficient (Wildman–Crippen LogP) is 2.36. The van der Waals surface area contributed by atoms with Gasteiger partial charge in [0.25, 0.3) is 0 Å². The maximum absolute atomic E-state index is 11.6. The number of rotatable bonds is 10. The van der Waals surface area contributed by atoms with Gasteiger partial charge in [0.2, 0.25) is 0 Å². The van der Waals surface area contributed by atoms with E-state index in [1.165, 1.54) is 5.56 Å². The fraction of sp³-hybridized carbons (Fsp3) is 0.588. The molecule has 1 aromatic rings. The summed E-state index contributed by atoms with van der Waals surface area (Å²) in [5.74, 6) is 0. The minimum Gasteiger partial charge on any atom is -0.385 e. The van der Waals surface area contributed by atoms with Crippen LogP contribution in [0, 0.1) is 0 Å². The van der Waals surface area contributed by atoms with Gasteiger partial charge in [-0.1, -0.05) is 38.1 Å². The molecule has 0 aliphatic heterocycles. The number of urea groups is 1. The molecule has 0 fully saturated rings. The van der Waals surface area contributed by atoms with Crippen molar-refractivity contribution in [2.75, 3.05) is 33.4 Å². The molecule has 0 saturated heterocycles. The molecular weight excluding hydrogens is 278 g/mol. The summed E-state index contributed by atoms with van der Waals surface area (Å²) in [4.78, 5) is 14.0. The number of amides is 2. The third-order valence-electron chi connectivity index (χ3n) is 3.59. The number of nitrogens with zero attached hydrogens (tertiary/aromatic N) is 1. The van der Waals surface area contributed by atoms with Crippen LogP contribution in [-0.2, 0) is 17.8 Å². The minimum atomic E-state index is -0.136. The third-order valence-corrected chi connectivity index (χ3v) is 3.59. The Bertz CT molecular complexity index is 416. The van der Waals surface area contributed by atoms with Crippen molar-refractivity contribution in [2.45, 2.75) is 33.4 Å². The maximum atomic E-state index is 11.6. The number of carbonyl (C=O) groups excluding carboxylic acids is 1. The van der Waals surface area contributed by atoms with Gasteiger partial charge in [-0.3, -0.25) is 4.90 Å². The van der Waals surface area contributed by atoms with Crippen LogP contribution in [0.2, 0.25) is 0 Å². The molecule has 0 aliphatic rings. The van der Waals surface area contributed by atoms with Crippen LogP contribution in [-0.4, -0.2) is 44.3 Å². The molecule has 0 spiro atoms. The first kappa shape index (κ1) is 18.5. The summed E-state index contributed by atoms with van der Waals surface area (Å²) < 4.78 is 4.93. The lowest BCUT2D eigenvalue weighted by Crippen LogP contribution is -2.35. The van der Waals surface area contributed by atoms with Gasteiger partial charge in [0.15, 0.2) is 0 Å². The van der Waals surface area contributed by atoms with Gasteiger partial charge in [0.1, 0.15) is 0 Å². The fourth-order valence-electron chi connectivity index (χ4n) is 2.13. The Kier molecular flexibility index (Phi) is 9.26. The van der Waals surface area contributed by atoms with E-state index < -0.39 is 0 Å². The second-order valence-corrected chi connectivity index (χ2v) is 5.23. The molecule has 22 heavy (non-hydrogen) atoms. The fourth-order valence-corrected chi connectivity index (χ4v) is 2.13. The van der Waals surface area contributed by atoms with Gasteiger partial charge < -0.3 is 15.4 Å². The highest BCUT2D eigenvalue weighted by Gasteiger charge is 2.02. The normalized spacial score (nSPS) is 10.7.